The highest BCUT2D eigenvalue weighted by Crippen LogP contribution is 2.44. The van der Waals surface area contributed by atoms with E-state index >= 15 is 0 Å². The SMILES string of the molecule is CC(C)C[C@H]1CCc2cc(O)ccc2[C@H]1c1ccc(N2CCC(C=O)CC2)cc1. The van der Waals surface area contributed by atoms with E-state index in [9.17, 15) is 9.90 Å². The predicted octanol–water partition coefficient (Wildman–Crippen LogP) is 5.55. The number of nitrogens with zero attached hydrogens (tertiary/aromatic N) is 1. The maximum atomic E-state index is 11.0. The van der Waals surface area contributed by atoms with E-state index in [-0.39, 0.29) is 5.92 Å². The van der Waals surface area contributed by atoms with E-state index in [1.54, 1.807) is 0 Å². The molecule has 0 radical (unpaired) electrons. The Morgan fingerprint density at radius 1 is 1.07 bits per heavy atom. The first-order chi connectivity index (χ1) is 14.0. The van der Waals surface area contributed by atoms with Crippen molar-refractivity contribution in [2.75, 3.05) is 18.0 Å². The molecule has 29 heavy (non-hydrogen) atoms. The summed E-state index contributed by atoms with van der Waals surface area (Å²) in [6.45, 7) is 6.55. The number of fused-ring (bicyclic) bond motifs is 1. The Hall–Kier alpha value is -2.29. The minimum Gasteiger partial charge on any atom is -0.508 e. The Labute approximate surface area is 174 Å². The van der Waals surface area contributed by atoms with E-state index in [1.165, 1.54) is 35.2 Å². The van der Waals surface area contributed by atoms with Gasteiger partial charge < -0.3 is 14.8 Å². The third-order valence-corrected chi connectivity index (χ3v) is 6.84. The Morgan fingerprint density at radius 2 is 1.79 bits per heavy atom. The number of phenolic OH excluding ortho intramolecular Hbond substituents is 1. The lowest BCUT2D eigenvalue weighted by atomic mass is 9.69. The number of aromatic hydroxyl groups is 1. The third kappa shape index (κ3) is 4.34. The van der Waals surface area contributed by atoms with Crippen molar-refractivity contribution in [2.24, 2.45) is 17.8 Å². The fraction of sp³-hybridized carbons (Fsp3) is 0.500. The van der Waals surface area contributed by atoms with Gasteiger partial charge in [-0.05, 0) is 84.9 Å². The van der Waals surface area contributed by atoms with Gasteiger partial charge in [-0.1, -0.05) is 32.0 Å². The summed E-state index contributed by atoms with van der Waals surface area (Å²) in [6, 6.07) is 15.1. The molecule has 0 amide bonds. The second kappa shape index (κ2) is 8.61. The molecule has 1 saturated heterocycles. The quantitative estimate of drug-likeness (QED) is 0.680. The van der Waals surface area contributed by atoms with Gasteiger partial charge in [0.2, 0.25) is 0 Å². The van der Waals surface area contributed by atoms with Crippen LogP contribution in [0.15, 0.2) is 42.5 Å². The van der Waals surface area contributed by atoms with Crippen molar-refractivity contribution < 1.29 is 9.90 Å². The topological polar surface area (TPSA) is 40.5 Å². The monoisotopic (exact) mass is 391 g/mol. The van der Waals surface area contributed by atoms with Crippen LogP contribution in [0.2, 0.25) is 0 Å². The number of benzene rings is 2. The molecule has 154 valence electrons. The molecule has 3 heteroatoms. The molecule has 3 nitrogen and oxygen atoms in total. The molecule has 1 aliphatic heterocycles. The number of rotatable bonds is 5. The van der Waals surface area contributed by atoms with Crippen molar-refractivity contribution in [2.45, 2.75) is 51.9 Å². The zero-order valence-electron chi connectivity index (χ0n) is 17.7. The Morgan fingerprint density at radius 3 is 2.45 bits per heavy atom. The summed E-state index contributed by atoms with van der Waals surface area (Å²) >= 11 is 0. The molecule has 2 aromatic carbocycles. The van der Waals surface area contributed by atoms with Crippen LogP contribution >= 0.6 is 0 Å². The van der Waals surface area contributed by atoms with Crippen LogP contribution < -0.4 is 4.90 Å². The van der Waals surface area contributed by atoms with Crippen molar-refractivity contribution in [3.05, 3.63) is 59.2 Å². The minimum atomic E-state index is 0.234. The number of phenols is 1. The zero-order chi connectivity index (χ0) is 20.4. The second-order valence-corrected chi connectivity index (χ2v) is 9.34. The van der Waals surface area contributed by atoms with Crippen LogP contribution in [0.3, 0.4) is 0 Å². The summed E-state index contributed by atoms with van der Waals surface area (Å²) in [4.78, 5) is 13.4. The van der Waals surface area contributed by atoms with Gasteiger partial charge in [-0.15, -0.1) is 0 Å². The molecule has 2 aliphatic rings. The van der Waals surface area contributed by atoms with Gasteiger partial charge in [-0.25, -0.2) is 0 Å². The maximum absolute atomic E-state index is 11.0. The highest BCUT2D eigenvalue weighted by Gasteiger charge is 2.31. The van der Waals surface area contributed by atoms with Crippen LogP contribution in [0.4, 0.5) is 5.69 Å². The number of aldehydes is 1. The number of hydrogen-bond acceptors (Lipinski definition) is 3. The van der Waals surface area contributed by atoms with Gasteiger partial charge >= 0.3 is 0 Å². The van der Waals surface area contributed by atoms with Crippen LogP contribution in [0, 0.1) is 17.8 Å². The maximum Gasteiger partial charge on any atom is 0.123 e. The van der Waals surface area contributed by atoms with Crippen LogP contribution in [0.25, 0.3) is 0 Å². The second-order valence-electron chi connectivity index (χ2n) is 9.34. The summed E-state index contributed by atoms with van der Waals surface area (Å²) < 4.78 is 0. The van der Waals surface area contributed by atoms with Gasteiger partial charge in [0.25, 0.3) is 0 Å². The van der Waals surface area contributed by atoms with Gasteiger partial charge in [0.15, 0.2) is 0 Å². The molecule has 0 unspecified atom stereocenters. The number of carbonyl (C=O) groups excluding carboxylic acids is 1. The number of piperidine rings is 1. The van der Waals surface area contributed by atoms with E-state index in [2.05, 4.69) is 49.1 Å². The van der Waals surface area contributed by atoms with E-state index in [4.69, 9.17) is 0 Å². The first-order valence-electron chi connectivity index (χ1n) is 11.2. The van der Waals surface area contributed by atoms with Gasteiger partial charge in [0.05, 0.1) is 0 Å². The molecule has 0 saturated carbocycles. The molecule has 1 fully saturated rings. The highest BCUT2D eigenvalue weighted by molar-refractivity contribution is 5.56. The average Bonchev–Trinajstić information content (AvgIpc) is 2.73. The average molecular weight is 392 g/mol. The van der Waals surface area contributed by atoms with Crippen molar-refractivity contribution in [3.63, 3.8) is 0 Å². The van der Waals surface area contributed by atoms with Gasteiger partial charge in [-0.3, -0.25) is 0 Å². The molecule has 0 spiro atoms. The molecule has 2 aromatic rings. The van der Waals surface area contributed by atoms with E-state index in [1.807, 2.05) is 12.1 Å². The fourth-order valence-corrected chi connectivity index (χ4v) is 5.37. The number of carbonyl (C=O) groups is 1. The van der Waals surface area contributed by atoms with Crippen molar-refractivity contribution in [3.8, 4) is 5.75 Å². The Bertz CT molecular complexity index is 834. The largest absolute Gasteiger partial charge is 0.508 e. The van der Waals surface area contributed by atoms with Crippen LogP contribution in [0.1, 0.15) is 62.1 Å². The minimum absolute atomic E-state index is 0.234. The van der Waals surface area contributed by atoms with Crippen LogP contribution in [-0.2, 0) is 11.2 Å². The predicted molar refractivity (Wildman–Crippen MR) is 119 cm³/mol. The van der Waals surface area contributed by atoms with Gasteiger partial charge in [-0.2, -0.15) is 0 Å². The van der Waals surface area contributed by atoms with E-state index < -0.39 is 0 Å². The van der Waals surface area contributed by atoms with Crippen molar-refractivity contribution >= 4 is 12.0 Å². The van der Waals surface area contributed by atoms with Gasteiger partial charge in [0, 0.05) is 30.6 Å². The lowest BCUT2D eigenvalue weighted by molar-refractivity contribution is -0.111. The summed E-state index contributed by atoms with van der Waals surface area (Å²) in [6.07, 6.45) is 6.50. The van der Waals surface area contributed by atoms with Crippen molar-refractivity contribution in [1.29, 1.82) is 0 Å². The molecule has 1 heterocycles. The summed E-state index contributed by atoms with van der Waals surface area (Å²) in [5, 5.41) is 9.95. The van der Waals surface area contributed by atoms with Crippen molar-refractivity contribution in [1.82, 2.24) is 0 Å². The number of hydrogen-bond donors (Lipinski definition) is 1. The molecular weight excluding hydrogens is 358 g/mol. The molecule has 1 N–H and O–H groups in total. The third-order valence-electron chi connectivity index (χ3n) is 6.84. The van der Waals surface area contributed by atoms with Gasteiger partial charge in [0.1, 0.15) is 12.0 Å². The summed E-state index contributed by atoms with van der Waals surface area (Å²) in [5.74, 6) is 2.33. The first-order valence-corrected chi connectivity index (χ1v) is 11.2. The van der Waals surface area contributed by atoms with Crippen LogP contribution in [0.5, 0.6) is 5.75 Å². The van der Waals surface area contributed by atoms with E-state index in [0.717, 1.165) is 38.6 Å². The fourth-order valence-electron chi connectivity index (χ4n) is 5.37. The Balaban J connectivity index is 1.60. The standard InChI is InChI=1S/C26H33NO2/c1-18(2)15-22-4-3-21-16-24(29)9-10-25(21)26(22)20-5-7-23(8-6-20)27-13-11-19(17-28)12-14-27/h5-10,16-19,22,26,29H,3-4,11-15H2,1-2H3/t22-,26+/m1/s1. The molecule has 2 atom stereocenters. The molecule has 0 bridgehead atoms. The molecule has 4 rings (SSSR count). The Kier molecular flexibility index (Phi) is 5.94. The molecule has 1 aliphatic carbocycles. The summed E-state index contributed by atoms with van der Waals surface area (Å²) in [5.41, 5.74) is 5.34. The zero-order valence-corrected chi connectivity index (χ0v) is 17.7. The normalized spacial score (nSPS) is 22.5. The smallest absolute Gasteiger partial charge is 0.123 e. The van der Waals surface area contributed by atoms with E-state index in [0.29, 0.717) is 23.5 Å². The highest BCUT2D eigenvalue weighted by atomic mass is 16.3. The first kappa shape index (κ1) is 20.0. The van der Waals surface area contributed by atoms with Crippen LogP contribution in [-0.4, -0.2) is 24.5 Å². The number of aryl methyl sites for hydroxylation is 1. The lowest BCUT2D eigenvalue weighted by Crippen LogP contribution is -2.34. The summed E-state index contributed by atoms with van der Waals surface area (Å²) in [7, 11) is 0. The molecule has 0 aromatic heterocycles. The lowest BCUT2D eigenvalue weighted by Gasteiger charge is -2.36. The number of anilines is 1. The molecular formula is C26H33NO2.